The molecule has 0 aliphatic heterocycles. The van der Waals surface area contributed by atoms with Crippen molar-refractivity contribution in [2.45, 2.75) is 39.2 Å². The van der Waals surface area contributed by atoms with Crippen LogP contribution in [0.2, 0.25) is 5.02 Å². The number of nitrogens with zero attached hydrogens (tertiary/aromatic N) is 1. The van der Waals surface area contributed by atoms with E-state index in [9.17, 15) is 14.9 Å². The molecule has 0 spiro atoms. The number of nitrogens with one attached hydrogen (secondary N) is 1. The summed E-state index contributed by atoms with van der Waals surface area (Å²) in [7, 11) is 0. The van der Waals surface area contributed by atoms with Crippen LogP contribution in [0.3, 0.4) is 0 Å². The molecule has 1 amide bonds. The van der Waals surface area contributed by atoms with Gasteiger partial charge in [0.05, 0.1) is 9.95 Å². The Morgan fingerprint density at radius 3 is 2.65 bits per heavy atom. The third-order valence-electron chi connectivity index (χ3n) is 3.03. The van der Waals surface area contributed by atoms with Crippen molar-refractivity contribution in [1.82, 2.24) is 5.32 Å². The van der Waals surface area contributed by atoms with Crippen LogP contribution in [0.1, 0.15) is 43.5 Å². The zero-order valence-electron chi connectivity index (χ0n) is 11.5. The van der Waals surface area contributed by atoms with E-state index in [0.29, 0.717) is 0 Å². The number of amides is 1. The van der Waals surface area contributed by atoms with Gasteiger partial charge in [-0.2, -0.15) is 0 Å². The van der Waals surface area contributed by atoms with Crippen molar-refractivity contribution in [3.8, 4) is 0 Å². The van der Waals surface area contributed by atoms with Gasteiger partial charge in [-0.3, -0.25) is 14.9 Å². The van der Waals surface area contributed by atoms with E-state index < -0.39 is 4.92 Å². The van der Waals surface area contributed by atoms with Gasteiger partial charge in [0.15, 0.2) is 0 Å². The number of hydrogen-bond acceptors (Lipinski definition) is 4. The van der Waals surface area contributed by atoms with Crippen molar-refractivity contribution < 1.29 is 9.72 Å². The summed E-state index contributed by atoms with van der Waals surface area (Å²) in [4.78, 5) is 22.3. The molecule has 0 radical (unpaired) electrons. The molecule has 6 nitrogen and oxygen atoms in total. The molecular formula is C13H18ClN3O3. The molecule has 20 heavy (non-hydrogen) atoms. The lowest BCUT2D eigenvalue weighted by atomic mass is 10.1. The van der Waals surface area contributed by atoms with Crippen molar-refractivity contribution in [3.63, 3.8) is 0 Å². The highest BCUT2D eigenvalue weighted by Crippen LogP contribution is 2.30. The molecule has 0 heterocycles. The van der Waals surface area contributed by atoms with Gasteiger partial charge < -0.3 is 11.1 Å². The summed E-state index contributed by atoms with van der Waals surface area (Å²) < 4.78 is 0. The zero-order chi connectivity index (χ0) is 15.3. The minimum atomic E-state index is -0.651. The van der Waals surface area contributed by atoms with Gasteiger partial charge in [-0.05, 0) is 18.9 Å². The van der Waals surface area contributed by atoms with Crippen molar-refractivity contribution in [1.29, 1.82) is 0 Å². The topological polar surface area (TPSA) is 98.3 Å². The number of rotatable bonds is 6. The SMILES string of the molecule is CCCC(CC)NC(=O)c1cc(Cl)c(N)c([N+](=O)[O-])c1. The van der Waals surface area contributed by atoms with E-state index in [1.807, 2.05) is 13.8 Å². The van der Waals surface area contributed by atoms with Gasteiger partial charge in [0.1, 0.15) is 5.69 Å². The molecule has 110 valence electrons. The van der Waals surface area contributed by atoms with Crippen LogP contribution in [0.4, 0.5) is 11.4 Å². The van der Waals surface area contributed by atoms with Crippen LogP contribution in [-0.4, -0.2) is 16.9 Å². The Balaban J connectivity index is 3.02. The number of carbonyl (C=O) groups is 1. The standard InChI is InChI=1S/C13H18ClN3O3/c1-3-5-9(4-2)16-13(18)8-6-10(14)12(15)11(7-8)17(19)20/h6-7,9H,3-5,15H2,1-2H3,(H,16,18). The average Bonchev–Trinajstić information content (AvgIpc) is 2.40. The Hall–Kier alpha value is -1.82. The van der Waals surface area contributed by atoms with Gasteiger partial charge in [0.2, 0.25) is 0 Å². The maximum atomic E-state index is 12.1. The molecule has 0 fully saturated rings. The van der Waals surface area contributed by atoms with Crippen LogP contribution in [-0.2, 0) is 0 Å². The molecule has 7 heteroatoms. The van der Waals surface area contributed by atoms with Gasteiger partial charge in [0.25, 0.3) is 11.6 Å². The predicted molar refractivity (Wildman–Crippen MR) is 79.0 cm³/mol. The fraction of sp³-hybridized carbons (Fsp3) is 0.462. The molecule has 0 aromatic heterocycles. The number of carbonyl (C=O) groups excluding carboxylic acids is 1. The Bertz CT molecular complexity index is 520. The highest BCUT2D eigenvalue weighted by Gasteiger charge is 2.20. The minimum Gasteiger partial charge on any atom is -0.392 e. The second-order valence-corrected chi connectivity index (χ2v) is 4.92. The van der Waals surface area contributed by atoms with E-state index in [2.05, 4.69) is 5.32 Å². The first kappa shape index (κ1) is 16.2. The van der Waals surface area contributed by atoms with Crippen LogP contribution in [0.5, 0.6) is 0 Å². The molecule has 1 aromatic rings. The van der Waals surface area contributed by atoms with E-state index in [4.69, 9.17) is 17.3 Å². The summed E-state index contributed by atoms with van der Waals surface area (Å²) in [5.74, 6) is -0.379. The highest BCUT2D eigenvalue weighted by atomic mass is 35.5. The first-order valence-electron chi connectivity index (χ1n) is 6.44. The molecule has 0 aliphatic carbocycles. The Kier molecular flexibility index (Phi) is 5.76. The second kappa shape index (κ2) is 7.09. The Labute approximate surface area is 122 Å². The number of nitrogens with two attached hydrogens (primary N) is 1. The number of anilines is 1. The summed E-state index contributed by atoms with van der Waals surface area (Å²) in [6, 6.07) is 2.54. The summed E-state index contributed by atoms with van der Waals surface area (Å²) in [6.45, 7) is 4.00. The van der Waals surface area contributed by atoms with Crippen molar-refractivity contribution >= 4 is 28.9 Å². The van der Waals surface area contributed by atoms with E-state index in [-0.39, 0.29) is 33.9 Å². The molecule has 1 unspecified atom stereocenters. The maximum absolute atomic E-state index is 12.1. The Morgan fingerprint density at radius 1 is 1.50 bits per heavy atom. The predicted octanol–water partition coefficient (Wildman–Crippen LogP) is 3.14. The fourth-order valence-electron chi connectivity index (χ4n) is 1.88. The third kappa shape index (κ3) is 3.84. The van der Waals surface area contributed by atoms with Gasteiger partial charge in [-0.25, -0.2) is 0 Å². The summed E-state index contributed by atoms with van der Waals surface area (Å²) in [6.07, 6.45) is 2.60. The molecule has 0 saturated carbocycles. The van der Waals surface area contributed by atoms with Crippen molar-refractivity contribution in [3.05, 3.63) is 32.8 Å². The maximum Gasteiger partial charge on any atom is 0.294 e. The normalized spacial score (nSPS) is 11.9. The van der Waals surface area contributed by atoms with E-state index in [1.165, 1.54) is 6.07 Å². The molecule has 1 atom stereocenters. The molecule has 0 aliphatic rings. The largest absolute Gasteiger partial charge is 0.392 e. The fourth-order valence-corrected chi connectivity index (χ4v) is 2.10. The summed E-state index contributed by atoms with van der Waals surface area (Å²) >= 11 is 5.83. The molecule has 1 rings (SSSR count). The quantitative estimate of drug-likeness (QED) is 0.479. The molecule has 0 saturated heterocycles. The number of halogens is 1. The van der Waals surface area contributed by atoms with Gasteiger partial charge in [-0.15, -0.1) is 0 Å². The molecule has 1 aromatic carbocycles. The lowest BCUT2D eigenvalue weighted by Gasteiger charge is -2.16. The van der Waals surface area contributed by atoms with Crippen LogP contribution >= 0.6 is 11.6 Å². The van der Waals surface area contributed by atoms with Crippen molar-refractivity contribution in [2.75, 3.05) is 5.73 Å². The monoisotopic (exact) mass is 299 g/mol. The van der Waals surface area contributed by atoms with Gasteiger partial charge >= 0.3 is 0 Å². The summed E-state index contributed by atoms with van der Waals surface area (Å²) in [5, 5.41) is 13.7. The van der Waals surface area contributed by atoms with Gasteiger partial charge in [-0.1, -0.05) is 31.9 Å². The number of nitrogen functional groups attached to an aromatic ring is 1. The lowest BCUT2D eigenvalue weighted by molar-refractivity contribution is -0.383. The molecule has 3 N–H and O–H groups in total. The third-order valence-corrected chi connectivity index (χ3v) is 3.34. The first-order chi connectivity index (χ1) is 9.40. The van der Waals surface area contributed by atoms with Crippen LogP contribution < -0.4 is 11.1 Å². The summed E-state index contributed by atoms with van der Waals surface area (Å²) in [5.41, 5.74) is 5.18. The zero-order valence-corrected chi connectivity index (χ0v) is 12.2. The van der Waals surface area contributed by atoms with Crippen LogP contribution in [0, 0.1) is 10.1 Å². The highest BCUT2D eigenvalue weighted by molar-refractivity contribution is 6.34. The van der Waals surface area contributed by atoms with Crippen LogP contribution in [0.25, 0.3) is 0 Å². The molecule has 0 bridgehead atoms. The van der Waals surface area contributed by atoms with E-state index in [1.54, 1.807) is 0 Å². The van der Waals surface area contributed by atoms with Crippen LogP contribution in [0.15, 0.2) is 12.1 Å². The number of benzene rings is 1. The number of nitro groups is 1. The first-order valence-corrected chi connectivity index (χ1v) is 6.82. The average molecular weight is 300 g/mol. The Morgan fingerprint density at radius 2 is 2.15 bits per heavy atom. The molecular weight excluding hydrogens is 282 g/mol. The van der Waals surface area contributed by atoms with Gasteiger partial charge in [0, 0.05) is 17.7 Å². The lowest BCUT2D eigenvalue weighted by Crippen LogP contribution is -2.34. The van der Waals surface area contributed by atoms with Crippen molar-refractivity contribution in [2.24, 2.45) is 0 Å². The number of nitro benzene ring substituents is 1. The smallest absolute Gasteiger partial charge is 0.294 e. The minimum absolute atomic E-state index is 0.00731. The number of hydrogen-bond donors (Lipinski definition) is 2. The van der Waals surface area contributed by atoms with E-state index in [0.717, 1.165) is 25.3 Å². The second-order valence-electron chi connectivity index (χ2n) is 4.52. The van der Waals surface area contributed by atoms with E-state index >= 15 is 0 Å².